The van der Waals surface area contributed by atoms with Crippen molar-refractivity contribution < 1.29 is 18.9 Å². The molecule has 1 heterocycles. The smallest absolute Gasteiger partial charge is 0.163 e. The zero-order valence-corrected chi connectivity index (χ0v) is 12.6. The van der Waals surface area contributed by atoms with E-state index in [2.05, 4.69) is 5.32 Å². The molecule has 1 atom stereocenters. The molecule has 1 aromatic carbocycles. The van der Waals surface area contributed by atoms with E-state index in [1.807, 2.05) is 32.0 Å². The second-order valence-electron chi connectivity index (χ2n) is 5.26. The molecule has 0 radical (unpaired) electrons. The average Bonchev–Trinajstić information content (AvgIpc) is 2.78. The van der Waals surface area contributed by atoms with Gasteiger partial charge in [0.1, 0.15) is 11.5 Å². The molecule has 0 amide bonds. The fraction of sp³-hybridized carbons (Fsp3) is 0.600. The summed E-state index contributed by atoms with van der Waals surface area (Å²) in [7, 11) is 3.31. The first-order chi connectivity index (χ1) is 9.54. The van der Waals surface area contributed by atoms with Crippen LogP contribution in [0.4, 0.5) is 0 Å². The normalized spacial score (nSPS) is 20.9. The van der Waals surface area contributed by atoms with E-state index in [-0.39, 0.29) is 6.10 Å². The number of methoxy groups -OCH3 is 2. The molecule has 5 heteroatoms. The van der Waals surface area contributed by atoms with Gasteiger partial charge < -0.3 is 24.3 Å². The van der Waals surface area contributed by atoms with Crippen molar-refractivity contribution >= 4 is 0 Å². The molecular formula is C15H23NO4. The molecule has 1 saturated heterocycles. The maximum absolute atomic E-state index is 5.74. The van der Waals surface area contributed by atoms with Crippen molar-refractivity contribution in [2.75, 3.05) is 27.4 Å². The molecular weight excluding hydrogens is 258 g/mol. The Kier molecular flexibility index (Phi) is 4.86. The van der Waals surface area contributed by atoms with Crippen molar-refractivity contribution in [2.24, 2.45) is 0 Å². The molecule has 0 aromatic heterocycles. The third-order valence-electron chi connectivity index (χ3n) is 3.25. The van der Waals surface area contributed by atoms with Crippen molar-refractivity contribution in [1.29, 1.82) is 0 Å². The minimum absolute atomic E-state index is 0.0919. The van der Waals surface area contributed by atoms with Gasteiger partial charge in [0.25, 0.3) is 0 Å². The highest BCUT2D eigenvalue weighted by molar-refractivity contribution is 5.40. The lowest BCUT2D eigenvalue weighted by atomic mass is 10.2. The van der Waals surface area contributed by atoms with Crippen LogP contribution in [0.1, 0.15) is 19.4 Å². The van der Waals surface area contributed by atoms with Crippen LogP contribution < -0.4 is 14.8 Å². The molecule has 1 aromatic rings. The van der Waals surface area contributed by atoms with Crippen molar-refractivity contribution in [1.82, 2.24) is 5.32 Å². The van der Waals surface area contributed by atoms with Gasteiger partial charge in [-0.3, -0.25) is 0 Å². The van der Waals surface area contributed by atoms with Crippen LogP contribution in [0.3, 0.4) is 0 Å². The molecule has 0 bridgehead atoms. The Bertz CT molecular complexity index is 447. The van der Waals surface area contributed by atoms with E-state index in [1.165, 1.54) is 0 Å². The molecule has 20 heavy (non-hydrogen) atoms. The molecule has 0 aliphatic carbocycles. The SMILES string of the molecule is COc1ccc(CNC[C@@H]2COC(C)(C)O2)c(OC)c1. The number of nitrogens with one attached hydrogen (secondary N) is 1. The van der Waals surface area contributed by atoms with E-state index in [1.54, 1.807) is 14.2 Å². The molecule has 2 rings (SSSR count). The molecule has 1 aliphatic rings. The number of benzene rings is 1. The van der Waals surface area contributed by atoms with Gasteiger partial charge in [0.2, 0.25) is 0 Å². The summed E-state index contributed by atoms with van der Waals surface area (Å²) >= 11 is 0. The Balaban J connectivity index is 1.85. The molecule has 0 saturated carbocycles. The standard InChI is InChI=1S/C15H23NO4/c1-15(2)19-10-13(20-15)9-16-8-11-5-6-12(17-3)7-14(11)18-4/h5-7,13,16H,8-10H2,1-4H3/t13-/m1/s1. The lowest BCUT2D eigenvalue weighted by Crippen LogP contribution is -2.30. The van der Waals surface area contributed by atoms with Gasteiger partial charge in [-0.15, -0.1) is 0 Å². The van der Waals surface area contributed by atoms with Crippen LogP contribution in [-0.2, 0) is 16.0 Å². The minimum atomic E-state index is -0.468. The summed E-state index contributed by atoms with van der Waals surface area (Å²) < 4.78 is 21.8. The van der Waals surface area contributed by atoms with Crippen molar-refractivity contribution in [2.45, 2.75) is 32.3 Å². The zero-order valence-electron chi connectivity index (χ0n) is 12.6. The van der Waals surface area contributed by atoms with E-state index in [4.69, 9.17) is 18.9 Å². The Labute approximate surface area is 120 Å². The summed E-state index contributed by atoms with van der Waals surface area (Å²) in [4.78, 5) is 0. The summed E-state index contributed by atoms with van der Waals surface area (Å²) in [6.07, 6.45) is 0.0919. The number of rotatable bonds is 6. The first-order valence-electron chi connectivity index (χ1n) is 6.77. The van der Waals surface area contributed by atoms with Crippen molar-refractivity contribution in [3.05, 3.63) is 23.8 Å². The van der Waals surface area contributed by atoms with Gasteiger partial charge in [-0.05, 0) is 19.9 Å². The van der Waals surface area contributed by atoms with Gasteiger partial charge in [-0.2, -0.15) is 0 Å². The Morgan fingerprint density at radius 2 is 2.10 bits per heavy atom. The molecule has 0 spiro atoms. The maximum Gasteiger partial charge on any atom is 0.163 e. The third kappa shape index (κ3) is 3.85. The summed E-state index contributed by atoms with van der Waals surface area (Å²) in [5, 5.41) is 3.37. The summed E-state index contributed by atoms with van der Waals surface area (Å²) in [5.74, 6) is 1.14. The van der Waals surface area contributed by atoms with Crippen LogP contribution in [0.5, 0.6) is 11.5 Å². The second-order valence-corrected chi connectivity index (χ2v) is 5.26. The van der Waals surface area contributed by atoms with Gasteiger partial charge in [-0.25, -0.2) is 0 Å². The molecule has 1 fully saturated rings. The van der Waals surface area contributed by atoms with Gasteiger partial charge in [-0.1, -0.05) is 6.07 Å². The van der Waals surface area contributed by atoms with E-state index in [9.17, 15) is 0 Å². The summed E-state index contributed by atoms with van der Waals surface area (Å²) in [5.41, 5.74) is 1.09. The van der Waals surface area contributed by atoms with Crippen LogP contribution in [0, 0.1) is 0 Å². The fourth-order valence-corrected chi connectivity index (χ4v) is 2.23. The van der Waals surface area contributed by atoms with Gasteiger partial charge in [0, 0.05) is 24.7 Å². The Morgan fingerprint density at radius 1 is 1.30 bits per heavy atom. The zero-order chi connectivity index (χ0) is 14.6. The number of ether oxygens (including phenoxy) is 4. The maximum atomic E-state index is 5.74. The first kappa shape index (κ1) is 15.1. The Hall–Kier alpha value is -1.30. The van der Waals surface area contributed by atoms with E-state index in [0.29, 0.717) is 13.2 Å². The summed E-state index contributed by atoms with van der Waals surface area (Å²) in [6.45, 7) is 5.95. The average molecular weight is 281 g/mol. The van der Waals surface area contributed by atoms with E-state index < -0.39 is 5.79 Å². The number of hydrogen-bond acceptors (Lipinski definition) is 5. The molecule has 0 unspecified atom stereocenters. The lowest BCUT2D eigenvalue weighted by molar-refractivity contribution is -0.137. The van der Waals surface area contributed by atoms with Crippen LogP contribution >= 0.6 is 0 Å². The topological polar surface area (TPSA) is 49.0 Å². The lowest BCUT2D eigenvalue weighted by Gasteiger charge is -2.17. The first-order valence-corrected chi connectivity index (χ1v) is 6.77. The molecule has 5 nitrogen and oxygen atoms in total. The van der Waals surface area contributed by atoms with Crippen LogP contribution in [0.25, 0.3) is 0 Å². The van der Waals surface area contributed by atoms with E-state index in [0.717, 1.165) is 23.6 Å². The Morgan fingerprint density at radius 3 is 2.70 bits per heavy atom. The van der Waals surface area contributed by atoms with Crippen molar-refractivity contribution in [3.8, 4) is 11.5 Å². The van der Waals surface area contributed by atoms with E-state index >= 15 is 0 Å². The molecule has 1 aliphatic heterocycles. The second kappa shape index (κ2) is 6.43. The monoisotopic (exact) mass is 281 g/mol. The summed E-state index contributed by atoms with van der Waals surface area (Å²) in [6, 6.07) is 5.81. The molecule has 112 valence electrons. The highest BCUT2D eigenvalue weighted by atomic mass is 16.7. The van der Waals surface area contributed by atoms with Gasteiger partial charge in [0.15, 0.2) is 5.79 Å². The van der Waals surface area contributed by atoms with Gasteiger partial charge in [0.05, 0.1) is 26.9 Å². The van der Waals surface area contributed by atoms with Crippen LogP contribution in [0.2, 0.25) is 0 Å². The predicted octanol–water partition coefficient (Wildman–Crippen LogP) is 1.94. The van der Waals surface area contributed by atoms with Crippen LogP contribution in [0.15, 0.2) is 18.2 Å². The largest absolute Gasteiger partial charge is 0.497 e. The predicted molar refractivity (Wildman–Crippen MR) is 76.2 cm³/mol. The number of hydrogen-bond donors (Lipinski definition) is 1. The minimum Gasteiger partial charge on any atom is -0.497 e. The molecule has 1 N–H and O–H groups in total. The highest BCUT2D eigenvalue weighted by Gasteiger charge is 2.32. The van der Waals surface area contributed by atoms with Crippen LogP contribution in [-0.4, -0.2) is 39.3 Å². The third-order valence-corrected chi connectivity index (χ3v) is 3.25. The van der Waals surface area contributed by atoms with Crippen molar-refractivity contribution in [3.63, 3.8) is 0 Å². The van der Waals surface area contributed by atoms with Gasteiger partial charge >= 0.3 is 0 Å². The quantitative estimate of drug-likeness (QED) is 0.863. The highest BCUT2D eigenvalue weighted by Crippen LogP contribution is 2.25. The fourth-order valence-electron chi connectivity index (χ4n) is 2.23.